The maximum absolute atomic E-state index is 12.5. The zero-order valence-electron chi connectivity index (χ0n) is 15.9. The molecule has 2 rings (SSSR count). The largest absolute Gasteiger partial charge is 0.434 e. The van der Waals surface area contributed by atoms with Crippen molar-refractivity contribution >= 4 is 17.3 Å². The Morgan fingerprint density at radius 2 is 1.89 bits per heavy atom. The molecule has 0 spiro atoms. The van der Waals surface area contributed by atoms with Crippen molar-refractivity contribution in [2.75, 3.05) is 39.8 Å². The predicted molar refractivity (Wildman–Crippen MR) is 104 cm³/mol. The third-order valence-electron chi connectivity index (χ3n) is 4.59. The van der Waals surface area contributed by atoms with Crippen LogP contribution in [0.15, 0.2) is 10.4 Å². The van der Waals surface area contributed by atoms with Crippen LogP contribution in [0.1, 0.15) is 49.2 Å². The Kier molecular flexibility index (Phi) is 9.33. The first-order chi connectivity index (χ1) is 13.0. The van der Waals surface area contributed by atoms with E-state index in [-0.39, 0.29) is 0 Å². The first kappa shape index (κ1) is 21.9. The number of rotatable bonds is 9. The van der Waals surface area contributed by atoms with E-state index < -0.39 is 11.9 Å². The van der Waals surface area contributed by atoms with E-state index in [1.165, 1.54) is 51.7 Å². The first-order valence-electron chi connectivity index (χ1n) is 9.67. The van der Waals surface area contributed by atoms with Gasteiger partial charge in [-0.2, -0.15) is 13.2 Å². The van der Waals surface area contributed by atoms with Gasteiger partial charge in [0.2, 0.25) is 0 Å². The summed E-state index contributed by atoms with van der Waals surface area (Å²) in [5.74, 6) is 0.679. The minimum Gasteiger partial charge on any atom is -0.356 e. The lowest BCUT2D eigenvalue weighted by Gasteiger charge is -2.26. The molecule has 0 aliphatic carbocycles. The molecule has 1 saturated heterocycles. The lowest BCUT2D eigenvalue weighted by molar-refractivity contribution is -0.140. The van der Waals surface area contributed by atoms with E-state index in [1.807, 2.05) is 0 Å². The Morgan fingerprint density at radius 1 is 1.15 bits per heavy atom. The van der Waals surface area contributed by atoms with Crippen LogP contribution in [0.25, 0.3) is 0 Å². The summed E-state index contributed by atoms with van der Waals surface area (Å²) in [6.07, 6.45) is 3.60. The summed E-state index contributed by atoms with van der Waals surface area (Å²) in [6, 6.07) is 0. The number of likely N-dealkylation sites (tertiary alicyclic amines) is 1. The second-order valence-electron chi connectivity index (χ2n) is 6.76. The van der Waals surface area contributed by atoms with E-state index in [2.05, 4.69) is 25.5 Å². The van der Waals surface area contributed by atoms with Gasteiger partial charge in [-0.25, -0.2) is 4.98 Å². The fourth-order valence-electron chi connectivity index (χ4n) is 3.09. The Balaban J connectivity index is 1.53. The van der Waals surface area contributed by atoms with Crippen LogP contribution in [0.5, 0.6) is 0 Å². The number of nitrogens with zero attached hydrogens (tertiary/aromatic N) is 3. The molecule has 0 saturated carbocycles. The molecule has 5 nitrogen and oxygen atoms in total. The number of nitrogens with one attached hydrogen (secondary N) is 2. The van der Waals surface area contributed by atoms with Crippen LogP contribution in [0.2, 0.25) is 0 Å². The molecule has 0 unspecified atom stereocenters. The van der Waals surface area contributed by atoms with Crippen LogP contribution in [0.3, 0.4) is 0 Å². The number of guanidine groups is 1. The molecule has 1 aliphatic rings. The molecule has 0 atom stereocenters. The van der Waals surface area contributed by atoms with E-state index in [9.17, 15) is 13.2 Å². The Bertz CT molecular complexity index is 568. The minimum atomic E-state index is -4.37. The highest BCUT2D eigenvalue weighted by molar-refractivity contribution is 7.09. The van der Waals surface area contributed by atoms with Crippen LogP contribution in [-0.2, 0) is 12.6 Å². The van der Waals surface area contributed by atoms with Gasteiger partial charge in [0, 0.05) is 31.9 Å². The fraction of sp³-hybridized carbons (Fsp3) is 0.778. The topological polar surface area (TPSA) is 52.6 Å². The molecule has 1 aromatic rings. The van der Waals surface area contributed by atoms with Gasteiger partial charge in [0.25, 0.3) is 0 Å². The number of alkyl halides is 3. The summed E-state index contributed by atoms with van der Waals surface area (Å²) in [6.45, 7) is 5.03. The van der Waals surface area contributed by atoms with E-state index >= 15 is 0 Å². The van der Waals surface area contributed by atoms with Gasteiger partial charge in [0.1, 0.15) is 0 Å². The molecular formula is C18H30F3N5S. The van der Waals surface area contributed by atoms with Crippen molar-refractivity contribution in [1.82, 2.24) is 20.5 Å². The number of aliphatic imine (C=N–C) groups is 1. The molecular weight excluding hydrogens is 375 g/mol. The number of unbranched alkanes of at least 4 members (excludes halogenated alkanes) is 2. The third-order valence-corrected chi connectivity index (χ3v) is 5.50. The first-order valence-corrected chi connectivity index (χ1v) is 10.6. The number of piperidine rings is 1. The Labute approximate surface area is 163 Å². The van der Waals surface area contributed by atoms with Crippen molar-refractivity contribution in [3.63, 3.8) is 0 Å². The molecule has 27 heavy (non-hydrogen) atoms. The Morgan fingerprint density at radius 3 is 2.56 bits per heavy atom. The second-order valence-corrected chi connectivity index (χ2v) is 7.71. The van der Waals surface area contributed by atoms with Crippen molar-refractivity contribution in [1.29, 1.82) is 0 Å². The van der Waals surface area contributed by atoms with Gasteiger partial charge in [-0.3, -0.25) is 4.99 Å². The van der Waals surface area contributed by atoms with Crippen molar-refractivity contribution < 1.29 is 13.2 Å². The SMILES string of the molecule is CN=C(NCCCCCN1CCCCC1)NCCc1nc(C(F)(F)F)cs1. The zero-order valence-corrected chi connectivity index (χ0v) is 16.8. The van der Waals surface area contributed by atoms with Gasteiger partial charge in [-0.15, -0.1) is 11.3 Å². The average Bonchev–Trinajstić information content (AvgIpc) is 3.13. The van der Waals surface area contributed by atoms with Gasteiger partial charge in [0.15, 0.2) is 11.7 Å². The lowest BCUT2D eigenvalue weighted by Crippen LogP contribution is -2.38. The van der Waals surface area contributed by atoms with E-state index in [1.54, 1.807) is 7.05 Å². The zero-order chi connectivity index (χ0) is 19.5. The molecule has 2 heterocycles. The highest BCUT2D eigenvalue weighted by atomic mass is 32.1. The minimum absolute atomic E-state index is 0.442. The van der Waals surface area contributed by atoms with Crippen LogP contribution < -0.4 is 10.6 Å². The van der Waals surface area contributed by atoms with Crippen LogP contribution in [-0.4, -0.2) is 55.6 Å². The van der Waals surface area contributed by atoms with Gasteiger partial charge < -0.3 is 15.5 Å². The number of hydrogen-bond acceptors (Lipinski definition) is 4. The highest BCUT2D eigenvalue weighted by Gasteiger charge is 2.33. The smallest absolute Gasteiger partial charge is 0.356 e. The molecule has 1 aliphatic heterocycles. The second kappa shape index (κ2) is 11.5. The number of hydrogen-bond donors (Lipinski definition) is 2. The average molecular weight is 406 g/mol. The number of halogens is 3. The standard InChI is InChI=1S/C18H30F3N5S/c1-22-17(23-9-4-2-5-11-26-12-6-3-7-13-26)24-10-8-16-25-15(14-27-16)18(19,20)21/h14H,2-13H2,1H3,(H2,22,23,24). The van der Waals surface area contributed by atoms with Crippen molar-refractivity contribution in [3.05, 3.63) is 16.1 Å². The van der Waals surface area contributed by atoms with Gasteiger partial charge >= 0.3 is 6.18 Å². The molecule has 154 valence electrons. The predicted octanol–water partition coefficient (Wildman–Crippen LogP) is 3.53. The summed E-state index contributed by atoms with van der Waals surface area (Å²) in [5, 5.41) is 7.91. The summed E-state index contributed by atoms with van der Waals surface area (Å²) < 4.78 is 37.6. The van der Waals surface area contributed by atoms with Gasteiger partial charge in [-0.1, -0.05) is 12.8 Å². The van der Waals surface area contributed by atoms with E-state index in [4.69, 9.17) is 0 Å². The maximum Gasteiger partial charge on any atom is 0.434 e. The number of thiazole rings is 1. The van der Waals surface area contributed by atoms with Crippen molar-refractivity contribution in [2.24, 2.45) is 4.99 Å². The molecule has 0 amide bonds. The van der Waals surface area contributed by atoms with Crippen molar-refractivity contribution in [2.45, 2.75) is 51.1 Å². The highest BCUT2D eigenvalue weighted by Crippen LogP contribution is 2.29. The van der Waals surface area contributed by atoms with E-state index in [0.29, 0.717) is 23.9 Å². The van der Waals surface area contributed by atoms with Crippen LogP contribution in [0.4, 0.5) is 13.2 Å². The quantitative estimate of drug-likeness (QED) is 0.375. The molecule has 9 heteroatoms. The molecule has 1 fully saturated rings. The fourth-order valence-corrected chi connectivity index (χ4v) is 3.90. The van der Waals surface area contributed by atoms with Gasteiger partial charge in [-0.05, 0) is 45.3 Å². The molecule has 0 bridgehead atoms. The molecule has 0 radical (unpaired) electrons. The monoisotopic (exact) mass is 405 g/mol. The van der Waals surface area contributed by atoms with Crippen LogP contribution >= 0.6 is 11.3 Å². The summed E-state index contributed by atoms with van der Waals surface area (Å²) in [5.41, 5.74) is -0.811. The Hall–Kier alpha value is -1.35. The van der Waals surface area contributed by atoms with E-state index in [0.717, 1.165) is 29.7 Å². The van der Waals surface area contributed by atoms with Crippen LogP contribution in [0, 0.1) is 0 Å². The normalized spacial score (nSPS) is 16.5. The lowest BCUT2D eigenvalue weighted by atomic mass is 10.1. The maximum atomic E-state index is 12.5. The summed E-state index contributed by atoms with van der Waals surface area (Å²) in [7, 11) is 1.69. The molecule has 2 N–H and O–H groups in total. The molecule has 1 aromatic heterocycles. The summed E-state index contributed by atoms with van der Waals surface area (Å²) in [4.78, 5) is 10.3. The summed E-state index contributed by atoms with van der Waals surface area (Å²) >= 11 is 1.04. The molecule has 0 aromatic carbocycles. The third kappa shape index (κ3) is 8.47. The van der Waals surface area contributed by atoms with Crippen molar-refractivity contribution in [3.8, 4) is 0 Å². The van der Waals surface area contributed by atoms with Gasteiger partial charge in [0.05, 0.1) is 5.01 Å². The number of aromatic nitrogens is 1.